The molecular formula is C27H37ClN2O5. The Kier molecular flexibility index (Phi) is 9.39. The van der Waals surface area contributed by atoms with Crippen LogP contribution in [0.2, 0.25) is 5.02 Å². The van der Waals surface area contributed by atoms with E-state index in [0.717, 1.165) is 17.6 Å². The predicted molar refractivity (Wildman–Crippen MR) is 138 cm³/mol. The number of carbonyl (C=O) groups is 2. The third-order valence-corrected chi connectivity index (χ3v) is 7.39. The molecule has 2 aliphatic heterocycles. The van der Waals surface area contributed by atoms with Crippen LogP contribution in [-0.4, -0.2) is 57.4 Å². The van der Waals surface area contributed by atoms with Gasteiger partial charge in [-0.25, -0.2) is 0 Å². The van der Waals surface area contributed by atoms with Crippen LogP contribution in [0.15, 0.2) is 35.9 Å². The van der Waals surface area contributed by atoms with Crippen LogP contribution in [0.1, 0.15) is 51.5 Å². The molecule has 0 radical (unpaired) electrons. The first-order valence-corrected chi connectivity index (χ1v) is 12.5. The van der Waals surface area contributed by atoms with E-state index in [4.69, 9.17) is 25.8 Å². The number of nitrogens with zero attached hydrogens (tertiary/aromatic N) is 1. The van der Waals surface area contributed by atoms with E-state index in [1.807, 2.05) is 32.2 Å². The molecule has 7 nitrogen and oxygen atoms in total. The molecule has 1 fully saturated rings. The highest BCUT2D eigenvalue weighted by atomic mass is 35.5. The molecule has 4 atom stereocenters. The standard InChI is InChI=1S/C27H37ClN2O5/c1-18-8-6-7-9-20(29-3)15-21(34-17-31)16-24-27(2,35-24)11-10-25(32)30(4)22-13-19(12-18)14-23(33-5)26(22)28/h6-8,13-14,17,20-21,24,29H,9-12,15-16H2,1-5H3/b7-6+,18-8+. The second-order valence-corrected chi connectivity index (χ2v) is 10.0. The summed E-state index contributed by atoms with van der Waals surface area (Å²) >= 11 is 6.59. The van der Waals surface area contributed by atoms with Crippen LogP contribution < -0.4 is 15.0 Å². The third kappa shape index (κ3) is 7.09. The van der Waals surface area contributed by atoms with Crippen molar-refractivity contribution in [2.75, 3.05) is 26.1 Å². The molecule has 1 N–H and O–H groups in total. The molecule has 0 aliphatic carbocycles. The maximum Gasteiger partial charge on any atom is 0.293 e. The Morgan fingerprint density at radius 2 is 2.09 bits per heavy atom. The fraction of sp³-hybridized carbons (Fsp3) is 0.556. The molecule has 0 spiro atoms. The van der Waals surface area contributed by atoms with Gasteiger partial charge in [0.1, 0.15) is 16.9 Å². The number of anilines is 1. The van der Waals surface area contributed by atoms with E-state index >= 15 is 0 Å². The Hall–Kier alpha value is -2.35. The summed E-state index contributed by atoms with van der Waals surface area (Å²) in [5.74, 6) is 0.495. The van der Waals surface area contributed by atoms with E-state index in [2.05, 4.69) is 24.4 Å². The number of hydrogen-bond acceptors (Lipinski definition) is 6. The number of halogens is 1. The molecule has 2 aliphatic rings. The van der Waals surface area contributed by atoms with E-state index in [1.165, 1.54) is 0 Å². The lowest BCUT2D eigenvalue weighted by Crippen LogP contribution is -2.32. The number of rotatable bonds is 4. The number of methoxy groups -OCH3 is 1. The van der Waals surface area contributed by atoms with Crippen LogP contribution in [0.5, 0.6) is 5.75 Å². The van der Waals surface area contributed by atoms with Crippen molar-refractivity contribution in [3.63, 3.8) is 0 Å². The topological polar surface area (TPSA) is 80.4 Å². The van der Waals surface area contributed by atoms with Crippen molar-refractivity contribution in [2.24, 2.45) is 0 Å². The third-order valence-electron chi connectivity index (χ3n) is 7.01. The molecule has 35 heavy (non-hydrogen) atoms. The smallest absolute Gasteiger partial charge is 0.293 e. The lowest BCUT2D eigenvalue weighted by molar-refractivity contribution is -0.134. The molecule has 4 unspecified atom stereocenters. The van der Waals surface area contributed by atoms with Gasteiger partial charge in [-0.1, -0.05) is 35.4 Å². The summed E-state index contributed by atoms with van der Waals surface area (Å²) in [4.78, 5) is 25.8. The van der Waals surface area contributed by atoms with Gasteiger partial charge in [-0.05, 0) is 57.9 Å². The molecular weight excluding hydrogens is 468 g/mol. The summed E-state index contributed by atoms with van der Waals surface area (Å²) in [5, 5.41) is 3.73. The first kappa shape index (κ1) is 27.2. The zero-order valence-corrected chi connectivity index (χ0v) is 22.1. The van der Waals surface area contributed by atoms with Crippen molar-refractivity contribution in [1.29, 1.82) is 0 Å². The molecule has 2 heterocycles. The van der Waals surface area contributed by atoms with Gasteiger partial charge in [0.25, 0.3) is 6.47 Å². The van der Waals surface area contributed by atoms with Crippen molar-refractivity contribution >= 4 is 29.7 Å². The van der Waals surface area contributed by atoms with Crippen molar-refractivity contribution in [1.82, 2.24) is 5.32 Å². The fourth-order valence-corrected chi connectivity index (χ4v) is 4.94. The number of amides is 1. The molecule has 2 bridgehead atoms. The molecule has 1 amide bonds. The summed E-state index contributed by atoms with van der Waals surface area (Å²) < 4.78 is 16.9. The van der Waals surface area contributed by atoms with Gasteiger partial charge in [0, 0.05) is 32.4 Å². The van der Waals surface area contributed by atoms with Crippen LogP contribution in [0, 0.1) is 0 Å². The quantitative estimate of drug-likeness (QED) is 0.476. The molecule has 192 valence electrons. The molecule has 3 rings (SSSR count). The summed E-state index contributed by atoms with van der Waals surface area (Å²) in [7, 11) is 5.23. The Labute approximate surface area is 213 Å². The second-order valence-electron chi connectivity index (χ2n) is 9.67. The van der Waals surface area contributed by atoms with Crippen LogP contribution in [0.3, 0.4) is 0 Å². The lowest BCUT2D eigenvalue weighted by atomic mass is 9.94. The van der Waals surface area contributed by atoms with Crippen LogP contribution in [0.4, 0.5) is 5.69 Å². The van der Waals surface area contributed by atoms with Gasteiger partial charge in [-0.2, -0.15) is 0 Å². The average Bonchev–Trinajstić information content (AvgIpc) is 3.48. The van der Waals surface area contributed by atoms with Crippen molar-refractivity contribution in [2.45, 2.75) is 76.2 Å². The minimum atomic E-state index is -0.413. The predicted octanol–water partition coefficient (Wildman–Crippen LogP) is 4.61. The summed E-state index contributed by atoms with van der Waals surface area (Å²) in [6.07, 6.45) is 9.62. The minimum Gasteiger partial charge on any atom is -0.495 e. The van der Waals surface area contributed by atoms with Crippen LogP contribution >= 0.6 is 11.6 Å². The van der Waals surface area contributed by atoms with Gasteiger partial charge >= 0.3 is 0 Å². The van der Waals surface area contributed by atoms with E-state index in [-0.39, 0.29) is 24.2 Å². The van der Waals surface area contributed by atoms with E-state index in [0.29, 0.717) is 55.0 Å². The number of ether oxygens (including phenoxy) is 3. The number of benzene rings is 1. The molecule has 1 aromatic rings. The maximum absolute atomic E-state index is 13.1. The van der Waals surface area contributed by atoms with Gasteiger partial charge in [0.2, 0.25) is 5.91 Å². The molecule has 0 saturated carbocycles. The van der Waals surface area contributed by atoms with E-state index in [9.17, 15) is 9.59 Å². The second kappa shape index (κ2) is 12.1. The van der Waals surface area contributed by atoms with Gasteiger partial charge in [-0.3, -0.25) is 9.59 Å². The minimum absolute atomic E-state index is 0.0503. The Bertz CT molecular complexity index is 979. The monoisotopic (exact) mass is 504 g/mol. The largest absolute Gasteiger partial charge is 0.495 e. The highest BCUT2D eigenvalue weighted by molar-refractivity contribution is 6.35. The number of epoxide rings is 1. The fourth-order valence-electron chi connectivity index (χ4n) is 4.63. The Morgan fingerprint density at radius 3 is 2.77 bits per heavy atom. The molecule has 8 heteroatoms. The van der Waals surface area contributed by atoms with Crippen LogP contribution in [-0.2, 0) is 25.5 Å². The summed E-state index contributed by atoms with van der Waals surface area (Å²) in [6, 6.07) is 4.03. The SMILES string of the molecule is CNC1C/C=C/C=C(\C)Cc2cc(OC)c(Cl)c(c2)N(C)C(=O)CCC2(C)OC2CC(OC=O)C1. The summed E-state index contributed by atoms with van der Waals surface area (Å²) in [6.45, 7) is 4.59. The lowest BCUT2D eigenvalue weighted by Gasteiger charge is -2.22. The van der Waals surface area contributed by atoms with Crippen molar-refractivity contribution in [3.05, 3.63) is 46.5 Å². The van der Waals surface area contributed by atoms with Crippen LogP contribution in [0.25, 0.3) is 0 Å². The van der Waals surface area contributed by atoms with E-state index in [1.54, 1.807) is 19.1 Å². The van der Waals surface area contributed by atoms with Crippen molar-refractivity contribution in [3.8, 4) is 5.75 Å². The normalized spacial score (nSPS) is 30.6. The van der Waals surface area contributed by atoms with Gasteiger partial charge in [-0.15, -0.1) is 0 Å². The first-order valence-electron chi connectivity index (χ1n) is 12.1. The molecule has 1 aromatic carbocycles. The number of fused-ring (bicyclic) bond motifs is 3. The van der Waals surface area contributed by atoms with Gasteiger partial charge in [0.05, 0.1) is 24.5 Å². The number of hydrogen-bond donors (Lipinski definition) is 1. The van der Waals surface area contributed by atoms with Gasteiger partial charge < -0.3 is 24.4 Å². The number of nitrogens with one attached hydrogen (secondary N) is 1. The van der Waals surface area contributed by atoms with E-state index < -0.39 is 5.60 Å². The molecule has 0 aromatic heterocycles. The summed E-state index contributed by atoms with van der Waals surface area (Å²) in [5.41, 5.74) is 2.39. The zero-order valence-electron chi connectivity index (χ0n) is 21.3. The van der Waals surface area contributed by atoms with Gasteiger partial charge in [0.15, 0.2) is 0 Å². The average molecular weight is 505 g/mol. The Morgan fingerprint density at radius 1 is 1.31 bits per heavy atom. The number of carbonyl (C=O) groups excluding carboxylic acids is 2. The Balaban J connectivity index is 1.90. The zero-order chi connectivity index (χ0) is 25.6. The highest BCUT2D eigenvalue weighted by Gasteiger charge is 2.52. The number of allylic oxidation sites excluding steroid dienone is 3. The first-order chi connectivity index (χ1) is 16.7. The maximum atomic E-state index is 13.1. The molecule has 1 saturated heterocycles. The highest BCUT2D eigenvalue weighted by Crippen LogP contribution is 2.44. The van der Waals surface area contributed by atoms with Crippen molar-refractivity contribution < 1.29 is 23.8 Å².